The highest BCUT2D eigenvalue weighted by molar-refractivity contribution is 9.10. The summed E-state index contributed by atoms with van der Waals surface area (Å²) < 4.78 is 45.3. The van der Waals surface area contributed by atoms with Gasteiger partial charge in [-0.15, -0.1) is 0 Å². The average molecular weight is 647 g/mol. The number of rotatable bonds is 6. The minimum atomic E-state index is -2.74. The van der Waals surface area contributed by atoms with Crippen molar-refractivity contribution in [3.63, 3.8) is 0 Å². The Morgan fingerprint density at radius 2 is 1.88 bits per heavy atom. The van der Waals surface area contributed by atoms with E-state index in [4.69, 9.17) is 30.8 Å². The summed E-state index contributed by atoms with van der Waals surface area (Å²) in [4.78, 5) is 28.0. The number of ether oxygens (including phenoxy) is 3. The van der Waals surface area contributed by atoms with Crippen LogP contribution in [0.3, 0.4) is 0 Å². The van der Waals surface area contributed by atoms with Crippen molar-refractivity contribution in [3.05, 3.63) is 15.6 Å². The van der Waals surface area contributed by atoms with Gasteiger partial charge < -0.3 is 28.9 Å². The van der Waals surface area contributed by atoms with Gasteiger partial charge in [-0.2, -0.15) is 9.97 Å². The van der Waals surface area contributed by atoms with Crippen molar-refractivity contribution in [2.45, 2.75) is 70.1 Å². The molecule has 220 valence electrons. The zero-order valence-electron chi connectivity index (χ0n) is 23.2. The smallest absolute Gasteiger partial charge is 0.410 e. The third-order valence-electron chi connectivity index (χ3n) is 7.44. The standard InChI is InChI=1S/C27H35BrClF2N5O4/c1-26(2,3)40-25(37)36-10-8-35(9-11-36)23-18-12-19(29)20(28)22(39-17-13-27(30,31)14-17)21(18)32-24(33-23)38-15-16-6-5-7-34(16)4/h12,16-17H,5-11,13-15H2,1-4H3/t16-/m0/s1. The topological polar surface area (TPSA) is 80.3 Å². The lowest BCUT2D eigenvalue weighted by molar-refractivity contribution is -0.134. The first-order valence-electron chi connectivity index (χ1n) is 13.6. The van der Waals surface area contributed by atoms with E-state index in [0.29, 0.717) is 64.8 Å². The van der Waals surface area contributed by atoms with Gasteiger partial charge in [0, 0.05) is 50.4 Å². The number of benzene rings is 1. The zero-order chi connectivity index (χ0) is 28.8. The number of aromatic nitrogens is 2. The number of alkyl halides is 2. The number of likely N-dealkylation sites (tertiary alicyclic amines) is 1. The zero-order valence-corrected chi connectivity index (χ0v) is 25.5. The number of anilines is 1. The molecule has 1 atom stereocenters. The van der Waals surface area contributed by atoms with Gasteiger partial charge in [-0.25, -0.2) is 13.6 Å². The van der Waals surface area contributed by atoms with Crippen molar-refractivity contribution >= 4 is 50.3 Å². The Labute approximate surface area is 246 Å². The molecule has 2 aliphatic heterocycles. The van der Waals surface area contributed by atoms with Gasteiger partial charge in [0.2, 0.25) is 0 Å². The summed E-state index contributed by atoms with van der Waals surface area (Å²) in [6, 6.07) is 2.17. The number of hydrogen-bond donors (Lipinski definition) is 0. The number of hydrogen-bond acceptors (Lipinski definition) is 8. The molecule has 1 saturated carbocycles. The Morgan fingerprint density at radius 3 is 2.48 bits per heavy atom. The fourth-order valence-corrected chi connectivity index (χ4v) is 5.79. The quantitative estimate of drug-likeness (QED) is 0.393. The molecule has 3 fully saturated rings. The molecule has 2 aromatic rings. The third kappa shape index (κ3) is 6.49. The predicted molar refractivity (Wildman–Crippen MR) is 152 cm³/mol. The second kappa shape index (κ2) is 11.2. The molecular formula is C27H35BrClF2N5O4. The molecule has 0 bridgehead atoms. The molecule has 5 rings (SSSR count). The molecule has 40 heavy (non-hydrogen) atoms. The van der Waals surface area contributed by atoms with Gasteiger partial charge in [-0.3, -0.25) is 0 Å². The molecule has 0 unspecified atom stereocenters. The predicted octanol–water partition coefficient (Wildman–Crippen LogP) is 5.75. The molecule has 0 N–H and O–H groups in total. The fourth-order valence-electron chi connectivity index (χ4n) is 5.20. The number of piperazine rings is 1. The molecule has 1 aromatic heterocycles. The average Bonchev–Trinajstić information content (AvgIpc) is 3.27. The summed E-state index contributed by atoms with van der Waals surface area (Å²) in [5, 5.41) is 0.970. The van der Waals surface area contributed by atoms with E-state index in [0.717, 1.165) is 19.4 Å². The summed E-state index contributed by atoms with van der Waals surface area (Å²) >= 11 is 10.1. The third-order valence-corrected chi connectivity index (χ3v) is 8.76. The largest absolute Gasteiger partial charge is 0.486 e. The first-order chi connectivity index (χ1) is 18.8. The van der Waals surface area contributed by atoms with Gasteiger partial charge >= 0.3 is 12.1 Å². The van der Waals surface area contributed by atoms with Crippen LogP contribution in [0.4, 0.5) is 19.4 Å². The van der Waals surface area contributed by atoms with E-state index >= 15 is 0 Å². The van der Waals surface area contributed by atoms with Crippen molar-refractivity contribution in [2.24, 2.45) is 0 Å². The van der Waals surface area contributed by atoms with Crippen LogP contribution in [0.1, 0.15) is 46.5 Å². The summed E-state index contributed by atoms with van der Waals surface area (Å²) in [5.74, 6) is -1.86. The van der Waals surface area contributed by atoms with Crippen LogP contribution in [-0.2, 0) is 4.74 Å². The van der Waals surface area contributed by atoms with Crippen molar-refractivity contribution in [3.8, 4) is 11.8 Å². The second-order valence-electron chi connectivity index (χ2n) is 11.8. The Bertz CT molecular complexity index is 1260. The molecule has 1 amide bonds. The van der Waals surface area contributed by atoms with Gasteiger partial charge in [0.05, 0.1) is 9.50 Å². The Morgan fingerprint density at radius 1 is 1.18 bits per heavy atom. The number of fused-ring (bicyclic) bond motifs is 1. The van der Waals surface area contributed by atoms with E-state index in [-0.39, 0.29) is 31.0 Å². The van der Waals surface area contributed by atoms with E-state index in [1.807, 2.05) is 25.7 Å². The Kier molecular flexibility index (Phi) is 8.24. The van der Waals surface area contributed by atoms with Crippen LogP contribution < -0.4 is 14.4 Å². The summed E-state index contributed by atoms with van der Waals surface area (Å²) in [6.07, 6.45) is 0.385. The minimum absolute atomic E-state index is 0.176. The minimum Gasteiger partial charge on any atom is -0.486 e. The molecule has 9 nitrogen and oxygen atoms in total. The lowest BCUT2D eigenvalue weighted by Gasteiger charge is -2.37. The highest BCUT2D eigenvalue weighted by Gasteiger charge is 2.47. The molecule has 1 aliphatic carbocycles. The maximum absolute atomic E-state index is 13.6. The number of nitrogens with zero attached hydrogens (tertiary/aromatic N) is 5. The van der Waals surface area contributed by atoms with E-state index < -0.39 is 17.6 Å². The molecular weight excluding hydrogens is 612 g/mol. The first-order valence-corrected chi connectivity index (χ1v) is 14.8. The van der Waals surface area contributed by atoms with Crippen LogP contribution in [0.5, 0.6) is 11.8 Å². The molecule has 0 radical (unpaired) electrons. The first kappa shape index (κ1) is 29.3. The van der Waals surface area contributed by atoms with Crippen LogP contribution in [0.15, 0.2) is 10.5 Å². The molecule has 1 aromatic carbocycles. The Hall–Kier alpha value is -2.18. The van der Waals surface area contributed by atoms with Gasteiger partial charge in [0.15, 0.2) is 5.75 Å². The van der Waals surface area contributed by atoms with Crippen LogP contribution in [0.25, 0.3) is 10.9 Å². The van der Waals surface area contributed by atoms with Crippen molar-refractivity contribution in [2.75, 3.05) is 51.3 Å². The Balaban J connectivity index is 1.46. The molecule has 0 spiro atoms. The summed E-state index contributed by atoms with van der Waals surface area (Å²) in [6.45, 7) is 8.82. The number of carbonyl (C=O) groups excluding carboxylic acids is 1. The van der Waals surface area contributed by atoms with Gasteiger partial charge in [-0.05, 0) is 69.2 Å². The molecule has 3 aliphatic rings. The SMILES string of the molecule is CN1CCC[C@H]1COc1nc(N2CCN(C(=O)OC(C)(C)C)CC2)c2cc(Cl)c(Br)c(OC3CC(F)(F)C3)c2n1. The maximum atomic E-state index is 13.6. The summed E-state index contributed by atoms with van der Waals surface area (Å²) in [5.41, 5.74) is -0.150. The van der Waals surface area contributed by atoms with Crippen LogP contribution >= 0.6 is 27.5 Å². The summed E-state index contributed by atoms with van der Waals surface area (Å²) in [7, 11) is 2.07. The number of likely N-dealkylation sites (N-methyl/N-ethyl adjacent to an activating group) is 1. The van der Waals surface area contributed by atoms with E-state index in [9.17, 15) is 13.6 Å². The maximum Gasteiger partial charge on any atom is 0.410 e. The van der Waals surface area contributed by atoms with Crippen LogP contribution in [-0.4, -0.2) is 95.9 Å². The van der Waals surface area contributed by atoms with Crippen LogP contribution in [0.2, 0.25) is 5.02 Å². The van der Waals surface area contributed by atoms with Gasteiger partial charge in [-0.1, -0.05) is 11.6 Å². The molecule has 13 heteroatoms. The number of amides is 1. The number of carbonyl (C=O) groups is 1. The fraction of sp³-hybridized carbons (Fsp3) is 0.667. The molecule has 2 saturated heterocycles. The van der Waals surface area contributed by atoms with Crippen molar-refractivity contribution < 1.29 is 27.8 Å². The number of halogens is 4. The second-order valence-corrected chi connectivity index (χ2v) is 13.0. The van der Waals surface area contributed by atoms with Gasteiger partial charge in [0.25, 0.3) is 5.92 Å². The normalized spacial score (nSPS) is 21.9. The lowest BCUT2D eigenvalue weighted by Crippen LogP contribution is -2.50. The highest BCUT2D eigenvalue weighted by atomic mass is 79.9. The van der Waals surface area contributed by atoms with Crippen molar-refractivity contribution in [1.82, 2.24) is 19.8 Å². The molecule has 3 heterocycles. The van der Waals surface area contributed by atoms with E-state index in [1.165, 1.54) is 0 Å². The van der Waals surface area contributed by atoms with Crippen LogP contribution in [0, 0.1) is 0 Å². The highest BCUT2D eigenvalue weighted by Crippen LogP contribution is 2.46. The monoisotopic (exact) mass is 645 g/mol. The lowest BCUT2D eigenvalue weighted by atomic mass is 9.91. The van der Waals surface area contributed by atoms with E-state index in [2.05, 4.69) is 32.9 Å². The van der Waals surface area contributed by atoms with Crippen molar-refractivity contribution in [1.29, 1.82) is 0 Å². The van der Waals surface area contributed by atoms with Gasteiger partial charge in [0.1, 0.15) is 29.6 Å². The van der Waals surface area contributed by atoms with E-state index in [1.54, 1.807) is 11.0 Å².